The number of aromatic nitrogens is 1. The van der Waals surface area contributed by atoms with Crippen LogP contribution in [0.1, 0.15) is 10.4 Å². The van der Waals surface area contributed by atoms with Crippen LogP contribution < -0.4 is 0 Å². The van der Waals surface area contributed by atoms with Crippen LogP contribution in [0.15, 0.2) is 102 Å². The Labute approximate surface area is 145 Å². The number of ketones is 1. The van der Waals surface area contributed by atoms with Crippen molar-refractivity contribution in [2.75, 3.05) is 0 Å². The molecule has 3 heteroatoms. The van der Waals surface area contributed by atoms with Crippen molar-refractivity contribution in [2.24, 2.45) is 4.99 Å². The molecule has 0 fully saturated rings. The highest BCUT2D eigenvalue weighted by atomic mass is 16.1. The van der Waals surface area contributed by atoms with Crippen LogP contribution in [-0.4, -0.2) is 16.2 Å². The van der Waals surface area contributed by atoms with E-state index in [1.54, 1.807) is 0 Å². The van der Waals surface area contributed by atoms with E-state index in [1.165, 1.54) is 0 Å². The fourth-order valence-corrected chi connectivity index (χ4v) is 2.83. The van der Waals surface area contributed by atoms with E-state index in [0.29, 0.717) is 11.4 Å². The van der Waals surface area contributed by atoms with Crippen LogP contribution >= 0.6 is 0 Å². The summed E-state index contributed by atoms with van der Waals surface area (Å²) in [5.74, 6) is 0.282. The number of hydrogen-bond acceptors (Lipinski definition) is 2. The first-order valence-corrected chi connectivity index (χ1v) is 8.13. The van der Waals surface area contributed by atoms with Crippen LogP contribution in [0, 0.1) is 0 Å². The topological polar surface area (TPSA) is 34.4 Å². The summed E-state index contributed by atoms with van der Waals surface area (Å²) in [7, 11) is 0. The molecule has 1 heterocycles. The van der Waals surface area contributed by atoms with Crippen molar-refractivity contribution < 1.29 is 4.79 Å². The number of aliphatic imine (C=N–C) groups is 1. The van der Waals surface area contributed by atoms with Gasteiger partial charge in [0.2, 0.25) is 5.78 Å². The standard InChI is InChI=1S/C22H16N2O/c25-21(18-10-3-1-4-11-18)22(23-19-12-5-2-6-13-19)24-16-15-17-9-7-8-14-20(17)24/h1-16H. The van der Waals surface area contributed by atoms with Crippen molar-refractivity contribution in [3.63, 3.8) is 0 Å². The molecule has 0 spiro atoms. The van der Waals surface area contributed by atoms with Gasteiger partial charge in [0, 0.05) is 11.8 Å². The minimum Gasteiger partial charge on any atom is -0.298 e. The molecule has 0 aliphatic rings. The van der Waals surface area contributed by atoms with Gasteiger partial charge in [0.1, 0.15) is 0 Å². The van der Waals surface area contributed by atoms with Gasteiger partial charge in [0.25, 0.3) is 0 Å². The number of hydrogen-bond donors (Lipinski definition) is 0. The first-order chi connectivity index (χ1) is 12.3. The average molecular weight is 324 g/mol. The van der Waals surface area contributed by atoms with Crippen molar-refractivity contribution in [1.82, 2.24) is 4.57 Å². The first kappa shape index (κ1) is 15.1. The maximum absolute atomic E-state index is 13.1. The highest BCUT2D eigenvalue weighted by Gasteiger charge is 2.17. The Kier molecular flexibility index (Phi) is 3.97. The molecule has 0 amide bonds. The lowest BCUT2D eigenvalue weighted by Gasteiger charge is -2.09. The van der Waals surface area contributed by atoms with Gasteiger partial charge in [-0.25, -0.2) is 4.99 Å². The first-order valence-electron chi connectivity index (χ1n) is 8.13. The van der Waals surface area contributed by atoms with Crippen molar-refractivity contribution in [1.29, 1.82) is 0 Å². The lowest BCUT2D eigenvalue weighted by molar-refractivity contribution is 0.106. The van der Waals surface area contributed by atoms with Gasteiger partial charge in [-0.1, -0.05) is 66.7 Å². The second-order valence-electron chi connectivity index (χ2n) is 5.71. The smallest absolute Gasteiger partial charge is 0.228 e. The maximum Gasteiger partial charge on any atom is 0.228 e. The molecule has 0 bridgehead atoms. The molecule has 3 nitrogen and oxygen atoms in total. The number of fused-ring (bicyclic) bond motifs is 1. The molecule has 3 aromatic carbocycles. The molecule has 0 unspecified atom stereocenters. The predicted molar refractivity (Wildman–Crippen MR) is 102 cm³/mol. The third kappa shape index (κ3) is 3.00. The van der Waals surface area contributed by atoms with Crippen molar-refractivity contribution in [3.05, 3.63) is 103 Å². The molecule has 0 radical (unpaired) electrons. The summed E-state index contributed by atoms with van der Waals surface area (Å²) in [6.07, 6.45) is 1.90. The molecule has 0 saturated carbocycles. The van der Waals surface area contributed by atoms with E-state index >= 15 is 0 Å². The van der Waals surface area contributed by atoms with Gasteiger partial charge in [-0.2, -0.15) is 0 Å². The average Bonchev–Trinajstić information content (AvgIpc) is 3.11. The second-order valence-corrected chi connectivity index (χ2v) is 5.71. The second kappa shape index (κ2) is 6.57. The zero-order chi connectivity index (χ0) is 17.1. The quantitative estimate of drug-likeness (QED) is 0.293. The normalized spacial score (nSPS) is 11.6. The number of carbonyl (C=O) groups is 1. The number of Topliss-reactive ketones (excluding diaryl/α,β-unsaturated/α-hetero) is 1. The maximum atomic E-state index is 13.1. The highest BCUT2D eigenvalue weighted by molar-refractivity contribution is 6.46. The van der Waals surface area contributed by atoms with Gasteiger partial charge in [-0.15, -0.1) is 0 Å². The van der Waals surface area contributed by atoms with Crippen molar-refractivity contribution in [2.45, 2.75) is 0 Å². The van der Waals surface area contributed by atoms with E-state index in [2.05, 4.69) is 4.99 Å². The Bertz CT molecular complexity index is 1050. The molecule has 0 N–H and O–H groups in total. The summed E-state index contributed by atoms with van der Waals surface area (Å²) >= 11 is 0. The zero-order valence-corrected chi connectivity index (χ0v) is 13.5. The third-order valence-electron chi connectivity index (χ3n) is 4.06. The third-order valence-corrected chi connectivity index (χ3v) is 4.06. The molecule has 0 aliphatic heterocycles. The highest BCUT2D eigenvalue weighted by Crippen LogP contribution is 2.19. The number of carbonyl (C=O) groups excluding carboxylic acids is 1. The zero-order valence-electron chi connectivity index (χ0n) is 13.5. The summed E-state index contributed by atoms with van der Waals surface area (Å²) in [4.78, 5) is 17.8. The molecule has 25 heavy (non-hydrogen) atoms. The Morgan fingerprint density at radius 1 is 0.720 bits per heavy atom. The molecule has 4 aromatic rings. The fourth-order valence-electron chi connectivity index (χ4n) is 2.83. The van der Waals surface area contributed by atoms with E-state index in [1.807, 2.05) is 102 Å². The van der Waals surface area contributed by atoms with E-state index in [4.69, 9.17) is 0 Å². The molecule has 0 aliphatic carbocycles. The van der Waals surface area contributed by atoms with E-state index in [0.717, 1.165) is 16.6 Å². The van der Waals surface area contributed by atoms with Crippen LogP contribution in [0.5, 0.6) is 0 Å². The minimum absolute atomic E-state index is 0.106. The molecule has 0 saturated heterocycles. The molecule has 120 valence electrons. The largest absolute Gasteiger partial charge is 0.298 e. The van der Waals surface area contributed by atoms with Crippen LogP contribution in [0.4, 0.5) is 5.69 Å². The number of nitrogens with zero attached hydrogens (tertiary/aromatic N) is 2. The summed E-state index contributed by atoms with van der Waals surface area (Å²) in [6, 6.07) is 28.8. The van der Waals surface area contributed by atoms with Gasteiger partial charge < -0.3 is 0 Å². The number of rotatable bonds is 3. The summed E-state index contributed by atoms with van der Waals surface area (Å²) in [6.45, 7) is 0. The predicted octanol–water partition coefficient (Wildman–Crippen LogP) is 5.10. The van der Waals surface area contributed by atoms with Crippen molar-refractivity contribution >= 4 is 28.2 Å². The van der Waals surface area contributed by atoms with Gasteiger partial charge in [0.05, 0.1) is 11.2 Å². The summed E-state index contributed by atoms with van der Waals surface area (Å²) in [5, 5.41) is 1.07. The van der Waals surface area contributed by atoms with E-state index in [-0.39, 0.29) is 5.78 Å². The van der Waals surface area contributed by atoms with Crippen LogP contribution in [0.3, 0.4) is 0 Å². The molecule has 0 atom stereocenters. The SMILES string of the molecule is O=C(C(=Nc1ccccc1)n1ccc2ccccc21)c1ccccc1. The number of para-hydroxylation sites is 2. The van der Waals surface area contributed by atoms with E-state index in [9.17, 15) is 4.79 Å². The van der Waals surface area contributed by atoms with Gasteiger partial charge in [-0.05, 0) is 29.7 Å². The van der Waals surface area contributed by atoms with Crippen molar-refractivity contribution in [3.8, 4) is 0 Å². The lowest BCUT2D eigenvalue weighted by Crippen LogP contribution is -2.22. The van der Waals surface area contributed by atoms with Gasteiger partial charge in [-0.3, -0.25) is 9.36 Å². The van der Waals surface area contributed by atoms with Gasteiger partial charge in [0.15, 0.2) is 5.84 Å². The fraction of sp³-hybridized carbons (Fsp3) is 0. The Morgan fingerprint density at radius 2 is 1.36 bits per heavy atom. The minimum atomic E-state index is -0.106. The summed E-state index contributed by atoms with van der Waals surface area (Å²) in [5.41, 5.74) is 2.33. The summed E-state index contributed by atoms with van der Waals surface area (Å²) < 4.78 is 1.86. The Hall–Kier alpha value is -3.46. The monoisotopic (exact) mass is 324 g/mol. The Balaban J connectivity index is 1.90. The Morgan fingerprint density at radius 3 is 2.12 bits per heavy atom. The number of benzene rings is 3. The van der Waals surface area contributed by atoms with E-state index < -0.39 is 0 Å². The molecular formula is C22H16N2O. The molecule has 1 aromatic heterocycles. The van der Waals surface area contributed by atoms with Gasteiger partial charge >= 0.3 is 0 Å². The van der Waals surface area contributed by atoms with Crippen LogP contribution in [-0.2, 0) is 0 Å². The molecule has 4 rings (SSSR count). The van der Waals surface area contributed by atoms with Crippen LogP contribution in [0.2, 0.25) is 0 Å². The molecular weight excluding hydrogens is 308 g/mol. The lowest BCUT2D eigenvalue weighted by atomic mass is 10.1. The van der Waals surface area contributed by atoms with Crippen LogP contribution in [0.25, 0.3) is 10.9 Å².